The molecule has 2 aromatic heterocycles. The van der Waals surface area contributed by atoms with Gasteiger partial charge in [-0.25, -0.2) is 4.98 Å². The molecule has 0 atom stereocenters. The maximum absolute atomic E-state index is 12.1. The Morgan fingerprint density at radius 2 is 2.24 bits per heavy atom. The first kappa shape index (κ1) is 14.4. The number of fused-ring (bicyclic) bond motifs is 1. The van der Waals surface area contributed by atoms with Gasteiger partial charge in [-0.1, -0.05) is 11.6 Å². The Balaban J connectivity index is 1.85. The SMILES string of the molecule is Cc1csc2nc(CSc3ccc(N)c(Cl)c3)cc(=O)n12. The molecule has 21 heavy (non-hydrogen) atoms. The van der Waals surface area contributed by atoms with E-state index in [1.807, 2.05) is 24.4 Å². The molecule has 7 heteroatoms. The molecule has 0 aliphatic carbocycles. The van der Waals surface area contributed by atoms with Crippen molar-refractivity contribution in [3.05, 3.63) is 56.4 Å². The molecular weight excluding hydrogens is 326 g/mol. The van der Waals surface area contributed by atoms with Crippen LogP contribution in [-0.4, -0.2) is 9.38 Å². The van der Waals surface area contributed by atoms with Crippen LogP contribution in [0.5, 0.6) is 0 Å². The highest BCUT2D eigenvalue weighted by molar-refractivity contribution is 7.98. The topological polar surface area (TPSA) is 60.4 Å². The molecule has 0 saturated heterocycles. The van der Waals surface area contributed by atoms with E-state index >= 15 is 0 Å². The van der Waals surface area contributed by atoms with Crippen LogP contribution in [0.25, 0.3) is 4.96 Å². The fraction of sp³-hybridized carbons (Fsp3) is 0.143. The van der Waals surface area contributed by atoms with Crippen LogP contribution in [0.2, 0.25) is 5.02 Å². The zero-order valence-corrected chi connectivity index (χ0v) is 13.6. The van der Waals surface area contributed by atoms with Crippen molar-refractivity contribution in [1.29, 1.82) is 0 Å². The molecular formula is C14H12ClN3OS2. The van der Waals surface area contributed by atoms with Gasteiger partial charge >= 0.3 is 0 Å². The van der Waals surface area contributed by atoms with Gasteiger partial charge in [0.15, 0.2) is 4.96 Å². The maximum Gasteiger partial charge on any atom is 0.258 e. The summed E-state index contributed by atoms with van der Waals surface area (Å²) in [4.78, 5) is 18.3. The van der Waals surface area contributed by atoms with E-state index in [0.29, 0.717) is 16.5 Å². The van der Waals surface area contributed by atoms with E-state index in [4.69, 9.17) is 17.3 Å². The van der Waals surface area contributed by atoms with Gasteiger partial charge in [0.2, 0.25) is 0 Å². The fourth-order valence-corrected chi connectivity index (χ4v) is 3.89. The normalized spacial score (nSPS) is 11.1. The Kier molecular flexibility index (Phi) is 3.93. The molecule has 2 N–H and O–H groups in total. The molecule has 0 radical (unpaired) electrons. The first-order valence-corrected chi connectivity index (χ1v) is 8.43. The second-order valence-corrected chi connectivity index (χ2v) is 6.85. The third kappa shape index (κ3) is 2.92. The summed E-state index contributed by atoms with van der Waals surface area (Å²) in [6.07, 6.45) is 0. The van der Waals surface area contributed by atoms with Gasteiger partial charge in [0.25, 0.3) is 5.56 Å². The lowest BCUT2D eigenvalue weighted by Gasteiger charge is -2.04. The third-order valence-electron chi connectivity index (χ3n) is 2.99. The monoisotopic (exact) mass is 337 g/mol. The smallest absolute Gasteiger partial charge is 0.258 e. The molecule has 0 fully saturated rings. The molecule has 3 rings (SSSR count). The van der Waals surface area contributed by atoms with Crippen molar-refractivity contribution in [3.63, 3.8) is 0 Å². The van der Waals surface area contributed by atoms with Gasteiger partial charge in [-0.3, -0.25) is 9.20 Å². The molecule has 0 unspecified atom stereocenters. The number of halogens is 1. The summed E-state index contributed by atoms with van der Waals surface area (Å²) in [6, 6.07) is 7.09. The minimum absolute atomic E-state index is 0.0373. The molecule has 1 aromatic carbocycles. The number of aromatic nitrogens is 2. The Bertz CT molecular complexity index is 872. The first-order chi connectivity index (χ1) is 10.0. The standard InChI is InChI=1S/C14H12ClN3OS2/c1-8-6-21-14-17-9(4-13(19)18(8)14)7-20-10-2-3-12(16)11(15)5-10/h2-6H,7,16H2,1H3. The molecule has 0 spiro atoms. The van der Waals surface area contributed by atoms with Gasteiger partial charge < -0.3 is 5.73 Å². The van der Waals surface area contributed by atoms with Gasteiger partial charge in [-0.05, 0) is 25.1 Å². The Morgan fingerprint density at radius 3 is 3.00 bits per heavy atom. The molecule has 3 aromatic rings. The van der Waals surface area contributed by atoms with E-state index < -0.39 is 0 Å². The summed E-state index contributed by atoms with van der Waals surface area (Å²) in [5.41, 5.74) is 7.89. The molecule has 2 heterocycles. The number of hydrogen-bond acceptors (Lipinski definition) is 5. The predicted molar refractivity (Wildman–Crippen MR) is 89.5 cm³/mol. The van der Waals surface area contributed by atoms with Crippen molar-refractivity contribution < 1.29 is 0 Å². The van der Waals surface area contributed by atoms with Gasteiger partial charge in [0.1, 0.15) is 0 Å². The van der Waals surface area contributed by atoms with Gasteiger partial charge in [-0.2, -0.15) is 0 Å². The van der Waals surface area contributed by atoms with Gasteiger partial charge in [-0.15, -0.1) is 23.1 Å². The average molecular weight is 338 g/mol. The Hall–Kier alpha value is -1.50. The number of nitrogens with two attached hydrogens (primary N) is 1. The van der Waals surface area contributed by atoms with Crippen molar-refractivity contribution in [2.45, 2.75) is 17.6 Å². The Morgan fingerprint density at radius 1 is 1.43 bits per heavy atom. The largest absolute Gasteiger partial charge is 0.398 e. The number of nitrogen functional groups attached to an aromatic ring is 1. The minimum Gasteiger partial charge on any atom is -0.398 e. The zero-order valence-electron chi connectivity index (χ0n) is 11.2. The van der Waals surface area contributed by atoms with Crippen LogP contribution < -0.4 is 11.3 Å². The van der Waals surface area contributed by atoms with Crippen LogP contribution in [0.4, 0.5) is 5.69 Å². The third-order valence-corrected chi connectivity index (χ3v) is 5.29. The lowest BCUT2D eigenvalue weighted by Crippen LogP contribution is -2.14. The van der Waals surface area contributed by atoms with Gasteiger partial charge in [0, 0.05) is 27.8 Å². The number of thiazole rings is 1. The van der Waals surface area contributed by atoms with E-state index in [0.717, 1.165) is 21.2 Å². The lowest BCUT2D eigenvalue weighted by molar-refractivity contribution is 0.997. The molecule has 0 aliphatic rings. The van der Waals surface area contributed by atoms with E-state index in [9.17, 15) is 4.79 Å². The molecule has 4 nitrogen and oxygen atoms in total. The van der Waals surface area contributed by atoms with Crippen molar-refractivity contribution in [1.82, 2.24) is 9.38 Å². The molecule has 108 valence electrons. The average Bonchev–Trinajstić information content (AvgIpc) is 2.82. The van der Waals surface area contributed by atoms with E-state index in [2.05, 4.69) is 4.98 Å². The quantitative estimate of drug-likeness (QED) is 0.586. The summed E-state index contributed by atoms with van der Waals surface area (Å²) in [5.74, 6) is 0.614. The van der Waals surface area contributed by atoms with Gasteiger partial charge in [0.05, 0.1) is 16.4 Å². The second-order valence-electron chi connectivity index (χ2n) is 4.55. The van der Waals surface area contributed by atoms with Crippen LogP contribution in [0.1, 0.15) is 11.4 Å². The number of hydrogen-bond donors (Lipinski definition) is 1. The molecule has 0 saturated carbocycles. The number of nitrogens with zero attached hydrogens (tertiary/aromatic N) is 2. The molecule has 0 amide bonds. The number of benzene rings is 1. The van der Waals surface area contributed by atoms with Crippen molar-refractivity contribution in [2.75, 3.05) is 5.73 Å². The summed E-state index contributed by atoms with van der Waals surface area (Å²) in [7, 11) is 0. The van der Waals surface area contributed by atoms with E-state index in [1.165, 1.54) is 11.3 Å². The van der Waals surface area contributed by atoms with E-state index in [-0.39, 0.29) is 5.56 Å². The fourth-order valence-electron chi connectivity index (χ4n) is 1.93. The summed E-state index contributed by atoms with van der Waals surface area (Å²) < 4.78 is 1.62. The lowest BCUT2D eigenvalue weighted by atomic mass is 10.3. The number of rotatable bonds is 3. The predicted octanol–water partition coefficient (Wildman–Crippen LogP) is 3.59. The highest BCUT2D eigenvalue weighted by Crippen LogP contribution is 2.28. The highest BCUT2D eigenvalue weighted by atomic mass is 35.5. The second kappa shape index (κ2) is 5.71. The number of thioether (sulfide) groups is 1. The minimum atomic E-state index is -0.0373. The van der Waals surface area contributed by atoms with Crippen molar-refractivity contribution in [3.8, 4) is 0 Å². The highest BCUT2D eigenvalue weighted by Gasteiger charge is 2.07. The Labute approximate surface area is 134 Å². The van der Waals surface area contributed by atoms with Crippen molar-refractivity contribution in [2.24, 2.45) is 0 Å². The summed E-state index contributed by atoms with van der Waals surface area (Å²) >= 11 is 9.04. The van der Waals surface area contributed by atoms with Crippen molar-refractivity contribution >= 4 is 45.3 Å². The zero-order chi connectivity index (χ0) is 15.0. The first-order valence-electron chi connectivity index (χ1n) is 6.19. The van der Waals surface area contributed by atoms with E-state index in [1.54, 1.807) is 28.3 Å². The number of anilines is 1. The van der Waals surface area contributed by atoms with Crippen LogP contribution in [0, 0.1) is 6.92 Å². The summed E-state index contributed by atoms with van der Waals surface area (Å²) in [5, 5.41) is 2.47. The summed E-state index contributed by atoms with van der Waals surface area (Å²) in [6.45, 7) is 1.90. The van der Waals surface area contributed by atoms with Crippen LogP contribution in [-0.2, 0) is 5.75 Å². The van der Waals surface area contributed by atoms with Crippen LogP contribution >= 0.6 is 34.7 Å². The maximum atomic E-state index is 12.1. The molecule has 0 aliphatic heterocycles. The van der Waals surface area contributed by atoms with Crippen LogP contribution in [0.15, 0.2) is 39.3 Å². The molecule has 0 bridgehead atoms. The number of aryl methyl sites for hydroxylation is 1. The van der Waals surface area contributed by atoms with Crippen LogP contribution in [0.3, 0.4) is 0 Å².